The van der Waals surface area contributed by atoms with E-state index in [9.17, 15) is 0 Å². The smallest absolute Gasteiger partial charge is 0.0175 e. The third-order valence-electron chi connectivity index (χ3n) is 0.553. The van der Waals surface area contributed by atoms with Crippen molar-refractivity contribution >= 4 is 11.2 Å². The van der Waals surface area contributed by atoms with Crippen molar-refractivity contribution < 1.29 is 0 Å². The SMILES string of the molecule is CCC#SCCC. The fraction of sp³-hybridized carbons (Fsp3) is 0.833. The molecule has 0 aromatic carbocycles. The van der Waals surface area contributed by atoms with E-state index >= 15 is 0 Å². The van der Waals surface area contributed by atoms with Crippen LogP contribution in [0.5, 0.6) is 0 Å². The summed E-state index contributed by atoms with van der Waals surface area (Å²) in [7, 11) is 0. The molecule has 7 heavy (non-hydrogen) atoms. The maximum Gasteiger partial charge on any atom is 0.0175 e. The van der Waals surface area contributed by atoms with Gasteiger partial charge in [0.15, 0.2) is 0 Å². The molecule has 0 aliphatic carbocycles. The first-order valence-corrected chi connectivity index (χ1v) is 3.75. The predicted octanol–water partition coefficient (Wildman–Crippen LogP) is 2.50. The van der Waals surface area contributed by atoms with Gasteiger partial charge in [-0.3, -0.25) is 0 Å². The molecule has 0 aliphatic heterocycles. The topological polar surface area (TPSA) is 0 Å². The van der Waals surface area contributed by atoms with Gasteiger partial charge < -0.3 is 0 Å². The molecule has 0 unspecified atom stereocenters. The second kappa shape index (κ2) is 6.00. The molecule has 0 aromatic heterocycles. The standard InChI is InChI=1S/C6H12S/c1-3-5-7-6-4-2/h3-5H2,1-2H3. The highest BCUT2D eigenvalue weighted by Crippen LogP contribution is 1.86. The summed E-state index contributed by atoms with van der Waals surface area (Å²) in [6.45, 7) is 4.30. The van der Waals surface area contributed by atoms with Crippen LogP contribution in [0.25, 0.3) is 0 Å². The minimum Gasteiger partial charge on any atom is -0.135 e. The predicted molar refractivity (Wildman–Crippen MR) is 36.9 cm³/mol. The van der Waals surface area contributed by atoms with Gasteiger partial charge in [-0.2, -0.15) is 0 Å². The summed E-state index contributed by atoms with van der Waals surface area (Å²) in [4.78, 5) is 0. The van der Waals surface area contributed by atoms with E-state index in [1.165, 1.54) is 12.2 Å². The van der Waals surface area contributed by atoms with Crippen LogP contribution in [0, 0.1) is 5.18 Å². The quantitative estimate of drug-likeness (QED) is 0.494. The van der Waals surface area contributed by atoms with Gasteiger partial charge >= 0.3 is 0 Å². The van der Waals surface area contributed by atoms with Crippen LogP contribution in [0.4, 0.5) is 0 Å². The highest BCUT2D eigenvalue weighted by atomic mass is 32.1. The molecule has 0 amide bonds. The molecule has 0 rings (SSSR count). The third kappa shape index (κ3) is 6.00. The van der Waals surface area contributed by atoms with E-state index < -0.39 is 0 Å². The second-order valence-corrected chi connectivity index (χ2v) is 2.33. The Morgan fingerprint density at radius 2 is 2.14 bits per heavy atom. The summed E-state index contributed by atoms with van der Waals surface area (Å²) < 4.78 is 0. The van der Waals surface area contributed by atoms with Gasteiger partial charge in [-0.25, -0.2) is 0 Å². The Morgan fingerprint density at radius 3 is 2.57 bits per heavy atom. The molecule has 0 aromatic rings. The first-order chi connectivity index (χ1) is 3.41. The van der Waals surface area contributed by atoms with Crippen LogP contribution < -0.4 is 0 Å². The van der Waals surface area contributed by atoms with Crippen molar-refractivity contribution in [3.05, 3.63) is 0 Å². The third-order valence-corrected chi connectivity index (χ3v) is 1.66. The minimum atomic E-state index is 1.07. The first kappa shape index (κ1) is 7.00. The number of hydrogen-bond acceptors (Lipinski definition) is 0. The molecule has 0 radical (unpaired) electrons. The zero-order valence-electron chi connectivity index (χ0n) is 5.03. The van der Waals surface area contributed by atoms with E-state index in [1.54, 1.807) is 11.2 Å². The fourth-order valence-corrected chi connectivity index (χ4v) is 0.829. The van der Waals surface area contributed by atoms with Gasteiger partial charge in [-0.05, 0) is 6.42 Å². The zero-order valence-corrected chi connectivity index (χ0v) is 5.85. The summed E-state index contributed by atoms with van der Waals surface area (Å²) in [6, 6.07) is 0. The van der Waals surface area contributed by atoms with E-state index in [-0.39, 0.29) is 0 Å². The van der Waals surface area contributed by atoms with Crippen LogP contribution in [-0.4, -0.2) is 5.75 Å². The summed E-state index contributed by atoms with van der Waals surface area (Å²) in [5, 5.41) is 3.17. The van der Waals surface area contributed by atoms with Gasteiger partial charge in [0, 0.05) is 12.2 Å². The van der Waals surface area contributed by atoms with Crippen molar-refractivity contribution in [2.75, 3.05) is 5.75 Å². The van der Waals surface area contributed by atoms with Gasteiger partial charge in [-0.15, -0.1) is 11.2 Å². The molecule has 0 saturated carbocycles. The first-order valence-electron chi connectivity index (χ1n) is 2.76. The van der Waals surface area contributed by atoms with Crippen molar-refractivity contribution in [3.8, 4) is 5.18 Å². The lowest BCUT2D eigenvalue weighted by molar-refractivity contribution is 1.11. The van der Waals surface area contributed by atoms with Crippen molar-refractivity contribution in [3.63, 3.8) is 0 Å². The van der Waals surface area contributed by atoms with Gasteiger partial charge in [-0.1, -0.05) is 19.0 Å². The van der Waals surface area contributed by atoms with Gasteiger partial charge in [0.1, 0.15) is 0 Å². The molecular formula is C6H12S. The Labute approximate surface area is 49.5 Å². The highest BCUT2D eigenvalue weighted by molar-refractivity contribution is 7.88. The van der Waals surface area contributed by atoms with E-state index in [2.05, 4.69) is 19.0 Å². The molecule has 0 N–H and O–H groups in total. The molecule has 42 valence electrons. The Hall–Kier alpha value is 0. The molecule has 0 atom stereocenters. The van der Waals surface area contributed by atoms with Crippen LogP contribution in [-0.2, 0) is 0 Å². The monoisotopic (exact) mass is 116 g/mol. The molecule has 0 saturated heterocycles. The van der Waals surface area contributed by atoms with Gasteiger partial charge in [0.25, 0.3) is 0 Å². The molecule has 0 fully saturated rings. The van der Waals surface area contributed by atoms with E-state index in [0.717, 1.165) is 6.42 Å². The minimum absolute atomic E-state index is 1.07. The summed E-state index contributed by atoms with van der Waals surface area (Å²) in [6.07, 6.45) is 2.34. The fourth-order valence-electron chi connectivity index (χ4n) is 0.276. The zero-order chi connectivity index (χ0) is 5.54. The van der Waals surface area contributed by atoms with Crippen LogP contribution in [0.15, 0.2) is 0 Å². The summed E-state index contributed by atoms with van der Waals surface area (Å²) in [5.74, 6) is 1.23. The average molecular weight is 116 g/mol. The average Bonchev–Trinajstić information content (AvgIpc) is 1.69. The maximum atomic E-state index is 3.17. The summed E-state index contributed by atoms with van der Waals surface area (Å²) >= 11 is 1.80. The lowest BCUT2D eigenvalue weighted by atomic mass is 10.6. The summed E-state index contributed by atoms with van der Waals surface area (Å²) in [5.41, 5.74) is 0. The van der Waals surface area contributed by atoms with Gasteiger partial charge in [0.2, 0.25) is 0 Å². The van der Waals surface area contributed by atoms with Crippen LogP contribution in [0.2, 0.25) is 0 Å². The van der Waals surface area contributed by atoms with Crippen molar-refractivity contribution in [1.82, 2.24) is 0 Å². The Morgan fingerprint density at radius 1 is 1.43 bits per heavy atom. The lowest BCUT2D eigenvalue weighted by Gasteiger charge is -1.74. The molecule has 0 bridgehead atoms. The molecule has 1 heteroatoms. The molecule has 0 heterocycles. The van der Waals surface area contributed by atoms with Gasteiger partial charge in [0.05, 0.1) is 0 Å². The van der Waals surface area contributed by atoms with Crippen molar-refractivity contribution in [2.24, 2.45) is 0 Å². The van der Waals surface area contributed by atoms with Crippen LogP contribution >= 0.6 is 11.2 Å². The van der Waals surface area contributed by atoms with Crippen molar-refractivity contribution in [1.29, 1.82) is 0 Å². The highest BCUT2D eigenvalue weighted by Gasteiger charge is 1.65. The largest absolute Gasteiger partial charge is 0.135 e. The van der Waals surface area contributed by atoms with Crippen molar-refractivity contribution in [2.45, 2.75) is 26.7 Å². The molecular weight excluding hydrogens is 104 g/mol. The van der Waals surface area contributed by atoms with Crippen LogP contribution in [0.3, 0.4) is 0 Å². The Bertz CT molecular complexity index is 75.9. The maximum absolute atomic E-state index is 3.17. The Kier molecular flexibility index (Phi) is 6.00. The normalized spacial score (nSPS) is 7.71. The second-order valence-electron chi connectivity index (χ2n) is 1.35. The van der Waals surface area contributed by atoms with Crippen LogP contribution in [0.1, 0.15) is 26.7 Å². The molecule has 0 spiro atoms. The van der Waals surface area contributed by atoms with E-state index in [0.29, 0.717) is 0 Å². The van der Waals surface area contributed by atoms with E-state index in [1.807, 2.05) is 0 Å². The molecule has 0 aliphatic rings. The lowest BCUT2D eigenvalue weighted by Crippen LogP contribution is -1.60. The number of hydrogen-bond donors (Lipinski definition) is 0. The number of rotatable bonds is 1. The Balaban J connectivity index is 2.91. The van der Waals surface area contributed by atoms with E-state index in [4.69, 9.17) is 0 Å². The molecule has 0 nitrogen and oxygen atoms in total.